The highest BCUT2D eigenvalue weighted by molar-refractivity contribution is 6.29. The van der Waals surface area contributed by atoms with Crippen molar-refractivity contribution in [3.63, 3.8) is 0 Å². The molecule has 1 saturated carbocycles. The highest BCUT2D eigenvalue weighted by Crippen LogP contribution is 2.38. The van der Waals surface area contributed by atoms with Crippen molar-refractivity contribution in [1.29, 1.82) is 0 Å². The van der Waals surface area contributed by atoms with Crippen molar-refractivity contribution in [3.05, 3.63) is 41.4 Å². The van der Waals surface area contributed by atoms with E-state index in [1.807, 2.05) is 22.9 Å². The molecule has 4 rings (SSSR count). The van der Waals surface area contributed by atoms with Gasteiger partial charge < -0.3 is 15.4 Å². The maximum Gasteiger partial charge on any atom is 0.273 e. The van der Waals surface area contributed by atoms with Crippen LogP contribution >= 0.6 is 11.6 Å². The topological polar surface area (TPSA) is 107 Å². The minimum Gasteiger partial charge on any atom is -0.494 e. The van der Waals surface area contributed by atoms with Gasteiger partial charge in [-0.1, -0.05) is 17.7 Å². The number of carbonyl (C=O) groups excluding carboxylic acids is 1. The van der Waals surface area contributed by atoms with Crippen LogP contribution in [0.5, 0.6) is 5.75 Å². The van der Waals surface area contributed by atoms with Crippen molar-refractivity contribution in [3.8, 4) is 17.1 Å². The fourth-order valence-corrected chi connectivity index (χ4v) is 2.99. The average Bonchev–Trinajstić information content (AvgIpc) is 3.44. The molecule has 10 heteroatoms. The molecule has 1 aromatic carbocycles. The van der Waals surface area contributed by atoms with Crippen LogP contribution < -0.4 is 15.4 Å². The van der Waals surface area contributed by atoms with Crippen LogP contribution in [0.3, 0.4) is 0 Å². The van der Waals surface area contributed by atoms with Crippen LogP contribution in [0, 0.1) is 0 Å². The molecule has 2 heterocycles. The molecule has 0 radical (unpaired) electrons. The Bertz CT molecular complexity index is 1030. The number of nitrogens with zero attached hydrogens (tertiary/aromatic N) is 5. The lowest BCUT2D eigenvalue weighted by atomic mass is 10.1. The molecule has 0 atom stereocenters. The minimum absolute atomic E-state index is 0.121. The molecule has 2 aromatic heterocycles. The summed E-state index contributed by atoms with van der Waals surface area (Å²) in [4.78, 5) is 16.5. The molecule has 1 aliphatic carbocycles. The molecule has 144 valence electrons. The molecule has 0 aliphatic heterocycles. The zero-order chi connectivity index (χ0) is 19.7. The zero-order valence-electron chi connectivity index (χ0n) is 15.3. The van der Waals surface area contributed by atoms with Crippen molar-refractivity contribution < 1.29 is 9.53 Å². The standard InChI is InChI=1S/C18H18ClN7O2/c1-20-18(27)15-13(8-14(19)23-24-15)22-12-5-3-4-11(16(12)28-2)17-21-9-26(25-17)10-6-7-10/h3-5,8-10H,6-7H2,1-2H3,(H,20,27)(H,22,23). The summed E-state index contributed by atoms with van der Waals surface area (Å²) in [5.74, 6) is 0.739. The Morgan fingerprint density at radius 1 is 1.29 bits per heavy atom. The summed E-state index contributed by atoms with van der Waals surface area (Å²) in [5, 5.41) is 18.1. The first-order valence-corrected chi connectivity index (χ1v) is 9.09. The van der Waals surface area contributed by atoms with E-state index in [1.54, 1.807) is 13.4 Å². The molecule has 0 unspecified atom stereocenters. The second-order valence-electron chi connectivity index (χ2n) is 6.30. The van der Waals surface area contributed by atoms with Crippen molar-refractivity contribution >= 4 is 28.9 Å². The summed E-state index contributed by atoms with van der Waals surface area (Å²) in [6.07, 6.45) is 3.99. The van der Waals surface area contributed by atoms with Crippen LogP contribution in [-0.2, 0) is 0 Å². The van der Waals surface area contributed by atoms with Gasteiger partial charge >= 0.3 is 0 Å². The lowest BCUT2D eigenvalue weighted by Crippen LogP contribution is -2.21. The van der Waals surface area contributed by atoms with E-state index < -0.39 is 0 Å². The third-order valence-corrected chi connectivity index (χ3v) is 4.55. The number of anilines is 2. The van der Waals surface area contributed by atoms with Gasteiger partial charge in [0.15, 0.2) is 22.4 Å². The summed E-state index contributed by atoms with van der Waals surface area (Å²) >= 11 is 5.97. The third kappa shape index (κ3) is 3.48. The maximum absolute atomic E-state index is 12.1. The van der Waals surface area contributed by atoms with Crippen LogP contribution in [0.25, 0.3) is 11.4 Å². The Morgan fingerprint density at radius 2 is 2.11 bits per heavy atom. The molecule has 0 saturated heterocycles. The lowest BCUT2D eigenvalue weighted by molar-refractivity contribution is 0.0958. The number of carbonyl (C=O) groups is 1. The number of aromatic nitrogens is 5. The number of hydrogen-bond donors (Lipinski definition) is 2. The van der Waals surface area contributed by atoms with Crippen LogP contribution in [0.2, 0.25) is 5.15 Å². The van der Waals surface area contributed by atoms with E-state index in [9.17, 15) is 4.79 Å². The number of benzene rings is 1. The van der Waals surface area contributed by atoms with Gasteiger partial charge in [-0.3, -0.25) is 4.79 Å². The van der Waals surface area contributed by atoms with Gasteiger partial charge in [-0.25, -0.2) is 9.67 Å². The Morgan fingerprint density at radius 3 is 2.82 bits per heavy atom. The molecule has 0 bridgehead atoms. The molecule has 3 aromatic rings. The molecule has 1 amide bonds. The first-order valence-electron chi connectivity index (χ1n) is 8.71. The Hall–Kier alpha value is -3.20. The van der Waals surface area contributed by atoms with E-state index in [4.69, 9.17) is 16.3 Å². The van der Waals surface area contributed by atoms with Crippen LogP contribution in [0.15, 0.2) is 30.6 Å². The monoisotopic (exact) mass is 399 g/mol. The van der Waals surface area contributed by atoms with Crippen molar-refractivity contribution in [2.75, 3.05) is 19.5 Å². The molecule has 9 nitrogen and oxygen atoms in total. The fraction of sp³-hybridized carbons (Fsp3) is 0.278. The second kappa shape index (κ2) is 7.43. The Labute approximate surface area is 166 Å². The number of hydrogen-bond acceptors (Lipinski definition) is 7. The van der Waals surface area contributed by atoms with Crippen LogP contribution in [-0.4, -0.2) is 45.0 Å². The van der Waals surface area contributed by atoms with E-state index in [0.717, 1.165) is 18.4 Å². The van der Waals surface area contributed by atoms with Gasteiger partial charge in [-0.2, -0.15) is 5.10 Å². The lowest BCUT2D eigenvalue weighted by Gasteiger charge is -2.15. The second-order valence-corrected chi connectivity index (χ2v) is 6.69. The van der Waals surface area contributed by atoms with Gasteiger partial charge in [0, 0.05) is 13.1 Å². The maximum atomic E-state index is 12.1. The zero-order valence-corrected chi connectivity index (χ0v) is 16.1. The van der Waals surface area contributed by atoms with Crippen molar-refractivity contribution in [1.82, 2.24) is 30.3 Å². The summed E-state index contributed by atoms with van der Waals surface area (Å²) in [5.41, 5.74) is 1.89. The highest BCUT2D eigenvalue weighted by Gasteiger charge is 2.26. The normalized spacial score (nSPS) is 13.2. The van der Waals surface area contributed by atoms with Crippen molar-refractivity contribution in [2.45, 2.75) is 18.9 Å². The number of nitrogens with one attached hydrogen (secondary N) is 2. The van der Waals surface area contributed by atoms with E-state index in [1.165, 1.54) is 13.1 Å². The number of methoxy groups -OCH3 is 1. The van der Waals surface area contributed by atoms with Gasteiger partial charge in [0.1, 0.15) is 6.33 Å². The van der Waals surface area contributed by atoms with Crippen LogP contribution in [0.4, 0.5) is 11.4 Å². The Kier molecular flexibility index (Phi) is 4.82. The van der Waals surface area contributed by atoms with E-state index in [2.05, 4.69) is 30.9 Å². The van der Waals surface area contributed by atoms with Gasteiger partial charge in [0.2, 0.25) is 0 Å². The number of halogens is 1. The van der Waals surface area contributed by atoms with E-state index in [-0.39, 0.29) is 16.8 Å². The first kappa shape index (κ1) is 18.2. The van der Waals surface area contributed by atoms with Gasteiger partial charge in [0.05, 0.1) is 30.1 Å². The Balaban J connectivity index is 1.73. The molecule has 1 fully saturated rings. The van der Waals surface area contributed by atoms with Gasteiger partial charge in [-0.15, -0.1) is 10.2 Å². The quantitative estimate of drug-likeness (QED) is 0.656. The molecular weight excluding hydrogens is 382 g/mol. The molecule has 0 spiro atoms. The number of para-hydroxylation sites is 1. The van der Waals surface area contributed by atoms with Gasteiger partial charge in [-0.05, 0) is 25.0 Å². The number of rotatable bonds is 6. The summed E-state index contributed by atoms with van der Waals surface area (Å²) in [6, 6.07) is 7.53. The van der Waals surface area contributed by atoms with Crippen LogP contribution in [0.1, 0.15) is 29.4 Å². The molecule has 1 aliphatic rings. The average molecular weight is 400 g/mol. The van der Waals surface area contributed by atoms with E-state index >= 15 is 0 Å². The smallest absolute Gasteiger partial charge is 0.273 e. The summed E-state index contributed by atoms with van der Waals surface area (Å²) in [7, 11) is 3.09. The number of ether oxygens (including phenoxy) is 1. The SMILES string of the molecule is CNC(=O)c1nnc(Cl)cc1Nc1cccc(-c2ncn(C3CC3)n2)c1OC. The molecule has 28 heavy (non-hydrogen) atoms. The number of amides is 1. The molecule has 2 N–H and O–H groups in total. The predicted octanol–water partition coefficient (Wildman–Crippen LogP) is 2.84. The highest BCUT2D eigenvalue weighted by atomic mass is 35.5. The molecular formula is C18H18ClN7O2. The third-order valence-electron chi connectivity index (χ3n) is 4.37. The minimum atomic E-state index is -0.383. The fourth-order valence-electron chi connectivity index (χ4n) is 2.84. The predicted molar refractivity (Wildman–Crippen MR) is 104 cm³/mol. The first-order chi connectivity index (χ1) is 13.6. The summed E-state index contributed by atoms with van der Waals surface area (Å²) in [6.45, 7) is 0. The van der Waals surface area contributed by atoms with E-state index in [0.29, 0.717) is 29.0 Å². The largest absolute Gasteiger partial charge is 0.494 e. The van der Waals surface area contributed by atoms with Gasteiger partial charge in [0.25, 0.3) is 5.91 Å². The summed E-state index contributed by atoms with van der Waals surface area (Å²) < 4.78 is 7.50. The van der Waals surface area contributed by atoms with Crippen molar-refractivity contribution in [2.24, 2.45) is 0 Å².